The summed E-state index contributed by atoms with van der Waals surface area (Å²) in [5.74, 6) is -2.38. The molecule has 344 valence electrons. The molecule has 0 heterocycles. The van der Waals surface area contributed by atoms with Crippen molar-refractivity contribution in [1.29, 1.82) is 0 Å². The molecule has 0 aliphatic heterocycles. The summed E-state index contributed by atoms with van der Waals surface area (Å²) in [5.41, 5.74) is 0. The topological polar surface area (TPSA) is 169 Å². The van der Waals surface area contributed by atoms with Gasteiger partial charge in [-0.2, -0.15) is 0 Å². The first-order chi connectivity index (χ1) is 28.6. The van der Waals surface area contributed by atoms with Gasteiger partial charge in [0.25, 0.3) is 0 Å². The average Bonchev–Trinajstić information content (AvgIpc) is 3.21. The van der Waals surface area contributed by atoms with Crippen LogP contribution in [0.5, 0.6) is 0 Å². The summed E-state index contributed by atoms with van der Waals surface area (Å²) in [6.07, 6.45) is 45.9. The van der Waals surface area contributed by atoms with E-state index in [0.717, 1.165) is 70.6 Å². The highest BCUT2D eigenvalue weighted by atomic mass is 31.2. The zero-order valence-electron chi connectivity index (χ0n) is 37.3. The molecule has 0 saturated carbocycles. The number of carbonyl (C=O) groups is 3. The Morgan fingerprint density at radius 1 is 0.542 bits per heavy atom. The second kappa shape index (κ2) is 42.4. The van der Waals surface area contributed by atoms with E-state index in [4.69, 9.17) is 13.8 Å². The number of rotatable bonds is 44. The Kier molecular flexibility index (Phi) is 40.7. The smallest absolute Gasteiger partial charge is 0.472 e. The third kappa shape index (κ3) is 42.2. The number of allylic oxidation sites excluding steroid dienone is 6. The van der Waals surface area contributed by atoms with E-state index in [1.165, 1.54) is 103 Å². The molecule has 11 nitrogen and oxygen atoms in total. The highest BCUT2D eigenvalue weighted by Gasteiger charge is 2.28. The molecule has 0 radical (unpaired) electrons. The van der Waals surface area contributed by atoms with Crippen LogP contribution < -0.4 is 5.32 Å². The van der Waals surface area contributed by atoms with Gasteiger partial charge >= 0.3 is 19.8 Å². The Morgan fingerprint density at radius 2 is 0.932 bits per heavy atom. The van der Waals surface area contributed by atoms with Gasteiger partial charge < -0.3 is 25.2 Å². The van der Waals surface area contributed by atoms with E-state index >= 15 is 0 Å². The highest BCUT2D eigenvalue weighted by molar-refractivity contribution is 7.47. The lowest BCUT2D eigenvalue weighted by Crippen LogP contribution is -2.43. The quantitative estimate of drug-likeness (QED) is 0.0200. The molecular weight excluding hydrogens is 769 g/mol. The molecule has 0 aromatic heterocycles. The van der Waals surface area contributed by atoms with Crippen molar-refractivity contribution in [2.45, 2.75) is 225 Å². The number of esters is 1. The Hall–Kier alpha value is -2.30. The van der Waals surface area contributed by atoms with Gasteiger partial charge in [-0.05, 0) is 51.4 Å². The van der Waals surface area contributed by atoms with Crippen molar-refractivity contribution >= 4 is 25.7 Å². The summed E-state index contributed by atoms with van der Waals surface area (Å²) in [6, 6.07) is -1.55. The number of aliphatic hydroxyl groups is 1. The van der Waals surface area contributed by atoms with Crippen LogP contribution in [0.2, 0.25) is 0 Å². The Labute approximate surface area is 359 Å². The molecule has 12 heteroatoms. The minimum atomic E-state index is -4.76. The lowest BCUT2D eigenvalue weighted by Gasteiger charge is -2.18. The van der Waals surface area contributed by atoms with Crippen molar-refractivity contribution in [3.05, 3.63) is 36.5 Å². The van der Waals surface area contributed by atoms with Gasteiger partial charge in [-0.1, -0.05) is 185 Å². The normalized spacial score (nSPS) is 14.0. The molecule has 4 N–H and O–H groups in total. The van der Waals surface area contributed by atoms with Gasteiger partial charge in [-0.25, -0.2) is 9.36 Å². The third-order valence-corrected chi connectivity index (χ3v) is 11.1. The van der Waals surface area contributed by atoms with Crippen molar-refractivity contribution in [3.63, 3.8) is 0 Å². The van der Waals surface area contributed by atoms with Gasteiger partial charge in [0.2, 0.25) is 5.91 Å². The number of carbonyl (C=O) groups excluding carboxylic acids is 2. The molecule has 0 aliphatic rings. The highest BCUT2D eigenvalue weighted by Crippen LogP contribution is 2.43. The van der Waals surface area contributed by atoms with E-state index in [9.17, 15) is 34.1 Å². The van der Waals surface area contributed by atoms with Crippen molar-refractivity contribution in [2.75, 3.05) is 19.8 Å². The monoisotopic (exact) mass is 856 g/mol. The van der Waals surface area contributed by atoms with E-state index in [1.807, 2.05) is 0 Å². The number of ether oxygens (including phenoxy) is 1. The van der Waals surface area contributed by atoms with Gasteiger partial charge in [0, 0.05) is 12.8 Å². The molecule has 0 aromatic carbocycles. The van der Waals surface area contributed by atoms with Crippen molar-refractivity contribution < 1.29 is 47.8 Å². The fourth-order valence-corrected chi connectivity index (χ4v) is 7.27. The van der Waals surface area contributed by atoms with Crippen LogP contribution in [0.4, 0.5) is 0 Å². The average molecular weight is 856 g/mol. The molecule has 0 rings (SSSR count). The van der Waals surface area contributed by atoms with Crippen LogP contribution in [-0.4, -0.2) is 64.9 Å². The number of hydrogen-bond acceptors (Lipinski definition) is 8. The number of aliphatic carboxylic acids is 1. The number of carboxylic acid groups (broad SMARTS) is 1. The summed E-state index contributed by atoms with van der Waals surface area (Å²) in [4.78, 5) is 46.0. The van der Waals surface area contributed by atoms with Gasteiger partial charge in [0.1, 0.15) is 12.7 Å². The largest absolute Gasteiger partial charge is 0.480 e. The Balaban J connectivity index is 3.88. The maximum atomic E-state index is 12.3. The minimum absolute atomic E-state index is 0.148. The Bertz CT molecular complexity index is 1140. The van der Waals surface area contributed by atoms with E-state index in [-0.39, 0.29) is 12.8 Å². The molecule has 3 unspecified atom stereocenters. The van der Waals surface area contributed by atoms with Gasteiger partial charge in [-0.3, -0.25) is 18.6 Å². The molecular formula is C47H86NO10P. The van der Waals surface area contributed by atoms with E-state index in [0.29, 0.717) is 12.8 Å². The first kappa shape index (κ1) is 56.7. The molecule has 3 atom stereocenters. The van der Waals surface area contributed by atoms with Crippen LogP contribution in [0.1, 0.15) is 213 Å². The van der Waals surface area contributed by atoms with Crippen LogP contribution in [0.25, 0.3) is 0 Å². The van der Waals surface area contributed by atoms with Gasteiger partial charge in [-0.15, -0.1) is 0 Å². The number of phosphoric acid groups is 1. The van der Waals surface area contributed by atoms with Crippen LogP contribution in [-0.2, 0) is 32.7 Å². The zero-order chi connectivity index (χ0) is 43.5. The number of amides is 1. The lowest BCUT2D eigenvalue weighted by molar-refractivity contribution is -0.147. The molecule has 0 aromatic rings. The minimum Gasteiger partial charge on any atom is -0.480 e. The van der Waals surface area contributed by atoms with Crippen molar-refractivity contribution in [2.24, 2.45) is 0 Å². The molecule has 1 amide bonds. The standard InChI is InChI=1S/C47H86NO10P/c1-3-5-7-9-11-13-15-17-19-21-22-23-25-27-29-31-33-35-37-39-46(51)56-40-43(49)41-57-59(54,55)58-42-44(47(52)53)48-45(50)38-36-34-32-30-28-26-24-20-18-16-14-12-10-8-6-4-2/h11,13,17,19,22-23,43-44,49H,3-10,12,14-16,18,20-21,24-42H2,1-2H3,(H,48,50)(H,52,53)(H,54,55)/b13-11-,19-17-,23-22-. The van der Waals surface area contributed by atoms with E-state index in [1.54, 1.807) is 0 Å². The van der Waals surface area contributed by atoms with Gasteiger partial charge in [0.15, 0.2) is 6.04 Å². The fraction of sp³-hybridized carbons (Fsp3) is 0.809. The van der Waals surface area contributed by atoms with Crippen molar-refractivity contribution in [1.82, 2.24) is 5.32 Å². The van der Waals surface area contributed by atoms with Crippen LogP contribution in [0, 0.1) is 0 Å². The summed E-state index contributed by atoms with van der Waals surface area (Å²) in [6.45, 7) is 2.57. The van der Waals surface area contributed by atoms with Crippen LogP contribution in [0.3, 0.4) is 0 Å². The summed E-state index contributed by atoms with van der Waals surface area (Å²) >= 11 is 0. The van der Waals surface area contributed by atoms with Crippen molar-refractivity contribution in [3.8, 4) is 0 Å². The van der Waals surface area contributed by atoms with E-state index in [2.05, 4.69) is 55.6 Å². The number of phosphoric ester groups is 1. The first-order valence-electron chi connectivity index (χ1n) is 23.5. The number of nitrogens with one attached hydrogen (secondary N) is 1. The number of hydrogen-bond donors (Lipinski definition) is 4. The first-order valence-corrected chi connectivity index (χ1v) is 25.0. The second-order valence-corrected chi connectivity index (χ2v) is 17.4. The number of aliphatic hydroxyl groups excluding tert-OH is 1. The maximum Gasteiger partial charge on any atom is 0.472 e. The summed E-state index contributed by atoms with van der Waals surface area (Å²) in [7, 11) is -4.76. The zero-order valence-corrected chi connectivity index (χ0v) is 38.2. The fourth-order valence-electron chi connectivity index (χ4n) is 6.50. The maximum absolute atomic E-state index is 12.3. The lowest BCUT2D eigenvalue weighted by atomic mass is 10.0. The molecule has 0 aliphatic carbocycles. The van der Waals surface area contributed by atoms with Crippen LogP contribution in [0.15, 0.2) is 36.5 Å². The third-order valence-electron chi connectivity index (χ3n) is 10.2. The summed E-state index contributed by atoms with van der Waals surface area (Å²) < 4.78 is 26.9. The Morgan fingerprint density at radius 3 is 1.42 bits per heavy atom. The summed E-state index contributed by atoms with van der Waals surface area (Å²) in [5, 5.41) is 21.9. The predicted molar refractivity (Wildman–Crippen MR) is 240 cm³/mol. The molecule has 0 spiro atoms. The number of carboxylic acids is 1. The SMILES string of the molecule is CCCCC/C=C\C/C=C\C/C=C\CCCCCCCCC(=O)OCC(O)COP(=O)(O)OCC(NC(=O)CCCCCCCCCCCCCCCCCC)C(=O)O. The van der Waals surface area contributed by atoms with Gasteiger partial charge in [0.05, 0.1) is 13.2 Å². The molecule has 59 heavy (non-hydrogen) atoms. The molecule has 0 bridgehead atoms. The van der Waals surface area contributed by atoms with E-state index < -0.39 is 57.6 Å². The van der Waals surface area contributed by atoms with Crippen LogP contribution >= 0.6 is 7.82 Å². The second-order valence-electron chi connectivity index (χ2n) is 15.9. The predicted octanol–water partition coefficient (Wildman–Crippen LogP) is 12.4. The molecule has 0 fully saturated rings. The number of unbranched alkanes of at least 4 members (excludes halogenated alkanes) is 24. The molecule has 0 saturated heterocycles.